The summed E-state index contributed by atoms with van der Waals surface area (Å²) < 4.78 is 4.73. The van der Waals surface area contributed by atoms with Gasteiger partial charge in [0, 0.05) is 22.3 Å². The van der Waals surface area contributed by atoms with Gasteiger partial charge in [0.15, 0.2) is 6.73 Å². The van der Waals surface area contributed by atoms with Crippen LogP contribution >= 0.6 is 11.8 Å². The Balaban J connectivity index is 1.96. The number of unbranched alkanes of at least 4 members (excludes halogenated alkanes) is 1. The van der Waals surface area contributed by atoms with Gasteiger partial charge < -0.3 is 4.74 Å². The molecule has 0 atom stereocenters. The molecule has 0 fully saturated rings. The highest BCUT2D eigenvalue weighted by molar-refractivity contribution is 7.99. The van der Waals surface area contributed by atoms with Gasteiger partial charge in [-0.05, 0) is 61.7 Å². The largest absolute Gasteiger partial charge is 0.443 e. The Morgan fingerprint density at radius 1 is 0.963 bits per heavy atom. The standard InChI is InChI=1S/C22H25NO3S/c1-4-5-6-18-7-11-20(12-8-18)27-21-13-9-19(10-14-21)22(25)16(2)23-15-26-17(3)24/h7-14H,4-6,15H2,1-3H3. The second kappa shape index (κ2) is 10.7. The summed E-state index contributed by atoms with van der Waals surface area (Å²) >= 11 is 1.67. The average Bonchev–Trinajstić information content (AvgIpc) is 2.67. The second-order valence-electron chi connectivity index (χ2n) is 6.21. The second-order valence-corrected chi connectivity index (χ2v) is 7.36. The Hall–Kier alpha value is -2.40. The van der Waals surface area contributed by atoms with Crippen LogP contribution in [0.2, 0.25) is 0 Å². The molecule has 5 heteroatoms. The zero-order chi connectivity index (χ0) is 19.6. The van der Waals surface area contributed by atoms with Crippen molar-refractivity contribution in [3.05, 3.63) is 59.7 Å². The van der Waals surface area contributed by atoms with Crippen LogP contribution in [0.15, 0.2) is 63.3 Å². The molecular formula is C22H25NO3S. The van der Waals surface area contributed by atoms with E-state index in [0.29, 0.717) is 11.3 Å². The maximum Gasteiger partial charge on any atom is 0.304 e. The fraction of sp³-hybridized carbons (Fsp3) is 0.318. The van der Waals surface area contributed by atoms with E-state index in [-0.39, 0.29) is 12.5 Å². The van der Waals surface area contributed by atoms with Crippen LogP contribution in [0, 0.1) is 0 Å². The predicted octanol–water partition coefficient (Wildman–Crippen LogP) is 5.34. The van der Waals surface area contributed by atoms with E-state index in [1.165, 1.54) is 30.2 Å². The van der Waals surface area contributed by atoms with E-state index in [1.807, 2.05) is 12.1 Å². The molecule has 0 spiro atoms. The van der Waals surface area contributed by atoms with Gasteiger partial charge in [-0.25, -0.2) is 4.99 Å². The first-order chi connectivity index (χ1) is 13.0. The Morgan fingerprint density at radius 3 is 2.11 bits per heavy atom. The monoisotopic (exact) mass is 383 g/mol. The molecule has 0 saturated heterocycles. The van der Waals surface area contributed by atoms with Crippen LogP contribution in [0.25, 0.3) is 0 Å². The summed E-state index contributed by atoms with van der Waals surface area (Å²) in [5, 5.41) is 0. The molecule has 2 aromatic carbocycles. The van der Waals surface area contributed by atoms with E-state index in [0.717, 1.165) is 11.3 Å². The number of carbonyl (C=O) groups is 2. The van der Waals surface area contributed by atoms with Crippen LogP contribution in [0.1, 0.15) is 49.5 Å². The third-order valence-electron chi connectivity index (χ3n) is 3.99. The fourth-order valence-electron chi connectivity index (χ4n) is 2.42. The zero-order valence-electron chi connectivity index (χ0n) is 16.0. The third-order valence-corrected chi connectivity index (χ3v) is 5.01. The molecule has 0 aliphatic rings. The number of ether oxygens (including phenoxy) is 1. The van der Waals surface area contributed by atoms with Crippen molar-refractivity contribution in [3.63, 3.8) is 0 Å². The lowest BCUT2D eigenvalue weighted by Crippen LogP contribution is -2.12. The van der Waals surface area contributed by atoms with Crippen molar-refractivity contribution in [1.29, 1.82) is 0 Å². The third kappa shape index (κ3) is 7.02. The number of hydrogen-bond acceptors (Lipinski definition) is 5. The highest BCUT2D eigenvalue weighted by Gasteiger charge is 2.10. The molecule has 2 rings (SSSR count). The molecule has 0 aromatic heterocycles. The van der Waals surface area contributed by atoms with Gasteiger partial charge in [0.25, 0.3) is 0 Å². The lowest BCUT2D eigenvalue weighted by molar-refractivity contribution is -0.140. The van der Waals surface area contributed by atoms with Crippen molar-refractivity contribution >= 4 is 29.2 Å². The number of aryl methyl sites for hydroxylation is 1. The van der Waals surface area contributed by atoms with Gasteiger partial charge in [0.2, 0.25) is 5.78 Å². The summed E-state index contributed by atoms with van der Waals surface area (Å²) in [6.45, 7) is 5.00. The Labute approximate surface area is 165 Å². The summed E-state index contributed by atoms with van der Waals surface area (Å²) in [6.07, 6.45) is 3.54. The minimum atomic E-state index is -0.418. The summed E-state index contributed by atoms with van der Waals surface area (Å²) in [4.78, 5) is 29.3. The van der Waals surface area contributed by atoms with Crippen molar-refractivity contribution in [2.75, 3.05) is 6.73 Å². The molecule has 0 radical (unpaired) electrons. The van der Waals surface area contributed by atoms with E-state index in [4.69, 9.17) is 4.74 Å². The number of esters is 1. The molecular weight excluding hydrogens is 358 g/mol. The maximum absolute atomic E-state index is 12.3. The van der Waals surface area contributed by atoms with Crippen molar-refractivity contribution in [3.8, 4) is 0 Å². The van der Waals surface area contributed by atoms with Gasteiger partial charge in [0.1, 0.15) is 0 Å². The lowest BCUT2D eigenvalue weighted by atomic mass is 10.1. The Morgan fingerprint density at radius 2 is 1.56 bits per heavy atom. The predicted molar refractivity (Wildman–Crippen MR) is 110 cm³/mol. The summed E-state index contributed by atoms with van der Waals surface area (Å²) in [5.74, 6) is -0.585. The van der Waals surface area contributed by atoms with Crippen LogP contribution in [0.5, 0.6) is 0 Å². The molecule has 0 heterocycles. The van der Waals surface area contributed by atoms with Crippen molar-refractivity contribution in [2.24, 2.45) is 4.99 Å². The quantitative estimate of drug-likeness (QED) is 0.333. The molecule has 0 N–H and O–H groups in total. The smallest absolute Gasteiger partial charge is 0.304 e. The van der Waals surface area contributed by atoms with Crippen molar-refractivity contribution in [2.45, 2.75) is 49.8 Å². The molecule has 0 aliphatic carbocycles. The minimum Gasteiger partial charge on any atom is -0.443 e. The van der Waals surface area contributed by atoms with Crippen LogP contribution < -0.4 is 0 Å². The highest BCUT2D eigenvalue weighted by atomic mass is 32.2. The first kappa shape index (κ1) is 20.9. The van der Waals surface area contributed by atoms with Gasteiger partial charge in [0.05, 0.1) is 5.71 Å². The van der Waals surface area contributed by atoms with Gasteiger partial charge >= 0.3 is 5.97 Å². The van der Waals surface area contributed by atoms with E-state index in [1.54, 1.807) is 30.8 Å². The number of aliphatic imine (C=N–C) groups is 1. The number of ketones is 1. The fourth-order valence-corrected chi connectivity index (χ4v) is 3.23. The number of benzene rings is 2. The van der Waals surface area contributed by atoms with Crippen LogP contribution in [-0.2, 0) is 16.0 Å². The molecule has 2 aromatic rings. The molecule has 0 amide bonds. The first-order valence-electron chi connectivity index (χ1n) is 9.05. The normalized spacial score (nSPS) is 11.3. The first-order valence-corrected chi connectivity index (χ1v) is 9.87. The van der Waals surface area contributed by atoms with E-state index in [2.05, 4.69) is 36.2 Å². The zero-order valence-corrected chi connectivity index (χ0v) is 16.8. The van der Waals surface area contributed by atoms with E-state index < -0.39 is 5.97 Å². The Kier molecular flexibility index (Phi) is 8.27. The van der Waals surface area contributed by atoms with Gasteiger partial charge in [-0.3, -0.25) is 9.59 Å². The van der Waals surface area contributed by atoms with E-state index in [9.17, 15) is 9.59 Å². The number of nitrogens with zero attached hydrogens (tertiary/aromatic N) is 1. The number of hydrogen-bond donors (Lipinski definition) is 0. The molecule has 0 bridgehead atoms. The number of Topliss-reactive ketones (excluding diaryl/α,β-unsaturated/α-hetero) is 1. The highest BCUT2D eigenvalue weighted by Crippen LogP contribution is 2.28. The molecule has 142 valence electrons. The summed E-state index contributed by atoms with van der Waals surface area (Å²) in [5.41, 5.74) is 2.25. The number of carbonyl (C=O) groups excluding carboxylic acids is 2. The molecule has 0 aliphatic heterocycles. The van der Waals surface area contributed by atoms with Crippen LogP contribution in [0.4, 0.5) is 0 Å². The topological polar surface area (TPSA) is 55.7 Å². The molecule has 0 saturated carbocycles. The summed E-state index contributed by atoms with van der Waals surface area (Å²) in [6, 6.07) is 16.1. The maximum atomic E-state index is 12.3. The molecule has 4 nitrogen and oxygen atoms in total. The molecule has 27 heavy (non-hydrogen) atoms. The SMILES string of the molecule is CCCCc1ccc(Sc2ccc(C(=O)C(C)=NCOC(C)=O)cc2)cc1. The lowest BCUT2D eigenvalue weighted by Gasteiger charge is -2.06. The van der Waals surface area contributed by atoms with Gasteiger partial charge in [-0.15, -0.1) is 0 Å². The van der Waals surface area contributed by atoms with Gasteiger partial charge in [-0.1, -0.05) is 37.2 Å². The Bertz CT molecular complexity index is 795. The average molecular weight is 384 g/mol. The van der Waals surface area contributed by atoms with Crippen molar-refractivity contribution < 1.29 is 14.3 Å². The van der Waals surface area contributed by atoms with Crippen molar-refractivity contribution in [1.82, 2.24) is 0 Å². The van der Waals surface area contributed by atoms with Crippen LogP contribution in [0.3, 0.4) is 0 Å². The van der Waals surface area contributed by atoms with E-state index >= 15 is 0 Å². The van der Waals surface area contributed by atoms with Crippen LogP contribution in [-0.4, -0.2) is 24.2 Å². The molecule has 0 unspecified atom stereocenters. The minimum absolute atomic E-state index is 0.130. The van der Waals surface area contributed by atoms with Gasteiger partial charge in [-0.2, -0.15) is 0 Å². The summed E-state index contributed by atoms with van der Waals surface area (Å²) in [7, 11) is 0. The number of rotatable bonds is 9.